The van der Waals surface area contributed by atoms with E-state index in [1.165, 1.54) is 12.1 Å². The standard InChI is InChI=1S/C16H2N6/c17-3-9-1-11-12(16(8-22)13(9)5-19)2-10(4-18)14(6-20)15(11)7-21/h1-2H. The second kappa shape index (κ2) is 5.33. The summed E-state index contributed by atoms with van der Waals surface area (Å²) < 4.78 is 0. The van der Waals surface area contributed by atoms with E-state index in [-0.39, 0.29) is 44.2 Å². The first-order valence-electron chi connectivity index (χ1n) is 5.75. The van der Waals surface area contributed by atoms with Crippen LogP contribution in [-0.2, 0) is 0 Å². The molecule has 6 nitrogen and oxygen atoms in total. The van der Waals surface area contributed by atoms with E-state index in [0.29, 0.717) is 0 Å². The predicted molar refractivity (Wildman–Crippen MR) is 72.2 cm³/mol. The summed E-state index contributed by atoms with van der Waals surface area (Å²) in [4.78, 5) is 0. The molecule has 2 rings (SSSR count). The Morgan fingerprint density at radius 2 is 0.773 bits per heavy atom. The van der Waals surface area contributed by atoms with E-state index in [4.69, 9.17) is 21.0 Å². The lowest BCUT2D eigenvalue weighted by molar-refractivity contribution is 1.39. The van der Waals surface area contributed by atoms with E-state index in [0.717, 1.165) is 0 Å². The second-order valence-corrected chi connectivity index (χ2v) is 4.11. The quantitative estimate of drug-likeness (QED) is 0.721. The molecule has 0 spiro atoms. The highest BCUT2D eigenvalue weighted by molar-refractivity contribution is 5.98. The molecule has 0 saturated carbocycles. The molecule has 0 aromatic heterocycles. The van der Waals surface area contributed by atoms with Crippen molar-refractivity contribution < 1.29 is 0 Å². The molecule has 0 saturated heterocycles. The van der Waals surface area contributed by atoms with Crippen molar-refractivity contribution in [2.24, 2.45) is 0 Å². The molecule has 0 aliphatic rings. The van der Waals surface area contributed by atoms with Crippen molar-refractivity contribution in [1.82, 2.24) is 0 Å². The minimum absolute atomic E-state index is 0.0587. The topological polar surface area (TPSA) is 143 Å². The number of rotatable bonds is 0. The summed E-state index contributed by atoms with van der Waals surface area (Å²) in [6.07, 6.45) is 0. The van der Waals surface area contributed by atoms with Crippen LogP contribution in [0.2, 0.25) is 0 Å². The Hall–Kier alpha value is -4.36. The van der Waals surface area contributed by atoms with Crippen LogP contribution in [-0.4, -0.2) is 0 Å². The van der Waals surface area contributed by atoms with E-state index in [2.05, 4.69) is 0 Å². The maximum absolute atomic E-state index is 9.28. The molecule has 0 aliphatic carbocycles. The Kier molecular flexibility index (Phi) is 3.40. The summed E-state index contributed by atoms with van der Waals surface area (Å²) in [5.74, 6) is 0. The monoisotopic (exact) mass is 278 g/mol. The second-order valence-electron chi connectivity index (χ2n) is 4.11. The number of benzene rings is 2. The Balaban J connectivity index is 3.26. The average molecular weight is 278 g/mol. The van der Waals surface area contributed by atoms with Crippen LogP contribution in [0, 0.1) is 68.0 Å². The molecule has 0 aliphatic heterocycles. The van der Waals surface area contributed by atoms with Crippen molar-refractivity contribution in [3.05, 3.63) is 45.5 Å². The lowest BCUT2D eigenvalue weighted by atomic mass is 9.89. The van der Waals surface area contributed by atoms with E-state index >= 15 is 0 Å². The summed E-state index contributed by atoms with van der Waals surface area (Å²) in [6, 6.07) is 13.4. The molecule has 6 heteroatoms. The maximum atomic E-state index is 9.28. The van der Waals surface area contributed by atoms with E-state index in [1.54, 1.807) is 24.3 Å². The van der Waals surface area contributed by atoms with Gasteiger partial charge >= 0.3 is 0 Å². The van der Waals surface area contributed by atoms with Gasteiger partial charge in [0.2, 0.25) is 0 Å². The highest BCUT2D eigenvalue weighted by atomic mass is 14.3. The lowest BCUT2D eigenvalue weighted by Crippen LogP contribution is -1.98. The Bertz CT molecular complexity index is 993. The van der Waals surface area contributed by atoms with Gasteiger partial charge in [0, 0.05) is 10.8 Å². The van der Waals surface area contributed by atoms with Gasteiger partial charge in [0.05, 0.1) is 33.4 Å². The minimum atomic E-state index is -0.116. The predicted octanol–water partition coefficient (Wildman–Crippen LogP) is 2.07. The smallest absolute Gasteiger partial charge is 0.102 e. The molecule has 0 atom stereocenters. The third-order valence-electron chi connectivity index (χ3n) is 3.13. The molecule has 96 valence electrons. The summed E-state index contributed by atoms with van der Waals surface area (Å²) in [6.45, 7) is 0. The van der Waals surface area contributed by atoms with Gasteiger partial charge in [-0.3, -0.25) is 0 Å². The summed E-state index contributed by atoms with van der Waals surface area (Å²) in [5, 5.41) is 55.5. The molecule has 0 N–H and O–H groups in total. The zero-order valence-corrected chi connectivity index (χ0v) is 10.8. The van der Waals surface area contributed by atoms with Gasteiger partial charge in [-0.25, -0.2) is 0 Å². The van der Waals surface area contributed by atoms with Crippen LogP contribution >= 0.6 is 0 Å². The number of hydrogen-bond donors (Lipinski definition) is 0. The summed E-state index contributed by atoms with van der Waals surface area (Å²) in [5.41, 5.74) is -0.527. The number of nitrogens with zero attached hydrogens (tertiary/aromatic N) is 6. The van der Waals surface area contributed by atoms with Gasteiger partial charge in [0.25, 0.3) is 0 Å². The maximum Gasteiger partial charge on any atom is 0.102 e. The fourth-order valence-electron chi connectivity index (χ4n) is 2.18. The van der Waals surface area contributed by atoms with Gasteiger partial charge in [0.1, 0.15) is 36.4 Å². The van der Waals surface area contributed by atoms with E-state index < -0.39 is 0 Å². The van der Waals surface area contributed by atoms with E-state index in [9.17, 15) is 10.5 Å². The lowest BCUT2D eigenvalue weighted by Gasteiger charge is -2.08. The van der Waals surface area contributed by atoms with Crippen LogP contribution in [0.3, 0.4) is 0 Å². The first-order valence-corrected chi connectivity index (χ1v) is 5.75. The van der Waals surface area contributed by atoms with Crippen molar-refractivity contribution in [3.8, 4) is 36.4 Å². The molecular weight excluding hydrogens is 276 g/mol. The van der Waals surface area contributed by atoms with Crippen LogP contribution in [0.5, 0.6) is 0 Å². The summed E-state index contributed by atoms with van der Waals surface area (Å²) in [7, 11) is 0. The van der Waals surface area contributed by atoms with Crippen LogP contribution in [0.4, 0.5) is 0 Å². The third-order valence-corrected chi connectivity index (χ3v) is 3.13. The molecule has 0 bridgehead atoms. The molecule has 0 radical (unpaired) electrons. The van der Waals surface area contributed by atoms with Gasteiger partial charge in [-0.2, -0.15) is 31.6 Å². The van der Waals surface area contributed by atoms with Crippen molar-refractivity contribution in [2.45, 2.75) is 0 Å². The fourth-order valence-corrected chi connectivity index (χ4v) is 2.18. The number of hydrogen-bond acceptors (Lipinski definition) is 6. The molecule has 2 aromatic rings. The first-order chi connectivity index (χ1) is 10.7. The van der Waals surface area contributed by atoms with Crippen molar-refractivity contribution in [3.63, 3.8) is 0 Å². The molecule has 2 aromatic carbocycles. The minimum Gasteiger partial charge on any atom is -0.192 e. The summed E-state index contributed by atoms with van der Waals surface area (Å²) >= 11 is 0. The highest BCUT2D eigenvalue weighted by Crippen LogP contribution is 2.31. The van der Waals surface area contributed by atoms with Gasteiger partial charge in [0.15, 0.2) is 0 Å². The van der Waals surface area contributed by atoms with Crippen molar-refractivity contribution in [1.29, 1.82) is 31.6 Å². The molecule has 0 fully saturated rings. The molecule has 22 heavy (non-hydrogen) atoms. The Morgan fingerprint density at radius 3 is 1.00 bits per heavy atom. The van der Waals surface area contributed by atoms with E-state index in [1.807, 2.05) is 12.1 Å². The highest BCUT2D eigenvalue weighted by Gasteiger charge is 2.20. The molecular formula is C16H2N6. The normalized spacial score (nSPS) is 8.64. The molecule has 0 unspecified atom stereocenters. The Morgan fingerprint density at radius 1 is 0.455 bits per heavy atom. The SMILES string of the molecule is N#Cc1cc2c(C#N)c(C#N)c(C#N)cc2c(C#N)c1C#N. The van der Waals surface area contributed by atoms with Crippen molar-refractivity contribution >= 4 is 10.8 Å². The van der Waals surface area contributed by atoms with Crippen LogP contribution < -0.4 is 0 Å². The zero-order valence-electron chi connectivity index (χ0n) is 10.8. The van der Waals surface area contributed by atoms with Gasteiger partial charge < -0.3 is 0 Å². The van der Waals surface area contributed by atoms with Gasteiger partial charge in [-0.15, -0.1) is 0 Å². The van der Waals surface area contributed by atoms with Crippen LogP contribution in [0.1, 0.15) is 33.4 Å². The third kappa shape index (κ3) is 1.76. The zero-order chi connectivity index (χ0) is 16.3. The molecule has 0 heterocycles. The number of fused-ring (bicyclic) bond motifs is 1. The first kappa shape index (κ1) is 14.1. The number of nitriles is 6. The van der Waals surface area contributed by atoms with Gasteiger partial charge in [-0.05, 0) is 12.1 Å². The van der Waals surface area contributed by atoms with Crippen molar-refractivity contribution in [2.75, 3.05) is 0 Å². The largest absolute Gasteiger partial charge is 0.192 e. The fraction of sp³-hybridized carbons (Fsp3) is 0. The van der Waals surface area contributed by atoms with Crippen LogP contribution in [0.15, 0.2) is 12.1 Å². The average Bonchev–Trinajstić information content (AvgIpc) is 2.57. The Labute approximate surface area is 125 Å². The van der Waals surface area contributed by atoms with Gasteiger partial charge in [-0.1, -0.05) is 0 Å². The van der Waals surface area contributed by atoms with Crippen LogP contribution in [0.25, 0.3) is 10.8 Å². The molecule has 0 amide bonds.